The van der Waals surface area contributed by atoms with Gasteiger partial charge in [-0.05, 0) is 59.5 Å². The van der Waals surface area contributed by atoms with E-state index < -0.39 is 34.3 Å². The van der Waals surface area contributed by atoms with Gasteiger partial charge in [-0.1, -0.05) is 60.7 Å². The molecule has 0 aliphatic carbocycles. The normalized spacial score (nSPS) is 19.9. The number of carboxylic acids is 1. The summed E-state index contributed by atoms with van der Waals surface area (Å²) >= 11 is 4.43. The number of thiol groups is 1. The molecule has 4 rings (SSSR count). The largest absolute Gasteiger partial charge is 0.480 e. The second-order valence-electron chi connectivity index (χ2n) is 8.05. The second kappa shape index (κ2) is 11.5. The summed E-state index contributed by atoms with van der Waals surface area (Å²) in [6, 6.07) is 20.6. The number of carbonyl (C=O) groups is 2. The summed E-state index contributed by atoms with van der Waals surface area (Å²) < 4.78 is 27.5. The fourth-order valence-electron chi connectivity index (χ4n) is 3.68. The first-order valence-corrected chi connectivity index (χ1v) is 12.7. The Labute approximate surface area is 216 Å². The first-order valence-electron chi connectivity index (χ1n) is 11.0. The fourth-order valence-corrected chi connectivity index (χ4v) is 5.63. The molecular formula is C27H23FN2O4S2. The molecule has 0 spiro atoms. The molecule has 0 bridgehead atoms. The molecule has 0 radical (unpaired) electrons. The van der Waals surface area contributed by atoms with Gasteiger partial charge in [0.2, 0.25) is 0 Å². The van der Waals surface area contributed by atoms with E-state index >= 15 is 0 Å². The second-order valence-corrected chi connectivity index (χ2v) is 9.90. The van der Waals surface area contributed by atoms with Crippen molar-refractivity contribution in [2.75, 3.05) is 0 Å². The monoisotopic (exact) mass is 522 g/mol. The van der Waals surface area contributed by atoms with Crippen molar-refractivity contribution in [2.45, 2.75) is 18.0 Å². The molecule has 1 fully saturated rings. The van der Waals surface area contributed by atoms with Gasteiger partial charge in [0.15, 0.2) is 5.78 Å². The summed E-state index contributed by atoms with van der Waals surface area (Å²) in [6.07, 6.45) is 4.93. The summed E-state index contributed by atoms with van der Waals surface area (Å²) in [5.74, 6) is -1.73. The van der Waals surface area contributed by atoms with Gasteiger partial charge in [0, 0.05) is 5.56 Å². The molecule has 0 saturated carbocycles. The van der Waals surface area contributed by atoms with Crippen LogP contribution in [-0.4, -0.2) is 36.9 Å². The van der Waals surface area contributed by atoms with Gasteiger partial charge in [-0.2, -0.15) is 4.31 Å². The number of allylic oxidation sites excluding steroid dienone is 1. The van der Waals surface area contributed by atoms with Gasteiger partial charge in [0.25, 0.3) is 0 Å². The lowest BCUT2D eigenvalue weighted by molar-refractivity contribution is -0.141. The maximum Gasteiger partial charge on any atom is 0.322 e. The molecule has 184 valence electrons. The Morgan fingerprint density at radius 2 is 1.67 bits per heavy atom. The maximum absolute atomic E-state index is 13.2. The zero-order chi connectivity index (χ0) is 25.7. The number of halogens is 1. The Bertz CT molecular complexity index is 1330. The first-order chi connectivity index (χ1) is 17.3. The van der Waals surface area contributed by atoms with Crippen molar-refractivity contribution in [3.05, 3.63) is 118 Å². The number of nitrogens with one attached hydrogen (secondary N) is 1. The van der Waals surface area contributed by atoms with Crippen LogP contribution in [-0.2, 0) is 22.2 Å². The number of carboxylic acid groups (broad SMARTS) is 1. The zero-order valence-electron chi connectivity index (χ0n) is 19.0. The van der Waals surface area contributed by atoms with E-state index in [9.17, 15) is 23.3 Å². The molecule has 3 aromatic rings. The van der Waals surface area contributed by atoms with E-state index in [0.29, 0.717) is 10.6 Å². The van der Waals surface area contributed by atoms with E-state index in [2.05, 4.69) is 17.9 Å². The standard InChI is InChI=1S/C27H23FN2O4S2/c28-22-13-11-21(12-14-22)24(31)15-10-18-6-8-20(9-7-18)17-25-29-27(35)30(36(25)34)23(26(32)33)16-19-4-2-1-3-5-19/h1-15,17,23,27,29,35H,16H2,(H,32,33)/b15-10+,25-17-/t23?,27-,36?/m0/s1. The zero-order valence-corrected chi connectivity index (χ0v) is 20.7. The molecule has 36 heavy (non-hydrogen) atoms. The number of benzene rings is 3. The lowest BCUT2D eigenvalue weighted by Gasteiger charge is -2.24. The van der Waals surface area contributed by atoms with Crippen LogP contribution in [0.15, 0.2) is 90.0 Å². The molecule has 1 saturated heterocycles. The average molecular weight is 523 g/mol. The number of nitrogens with zero attached hydrogens (tertiary/aromatic N) is 1. The number of ketones is 1. The summed E-state index contributed by atoms with van der Waals surface area (Å²) in [4.78, 5) is 24.2. The predicted octanol–water partition coefficient (Wildman–Crippen LogP) is 4.50. The van der Waals surface area contributed by atoms with Crippen LogP contribution in [0.5, 0.6) is 0 Å². The molecule has 1 aliphatic heterocycles. The Balaban J connectivity index is 1.46. The number of carbonyl (C=O) groups excluding carboxylic acids is 1. The average Bonchev–Trinajstić information content (AvgIpc) is 3.15. The van der Waals surface area contributed by atoms with Gasteiger partial charge in [-0.15, -0.1) is 12.6 Å². The van der Waals surface area contributed by atoms with Crippen LogP contribution >= 0.6 is 12.6 Å². The van der Waals surface area contributed by atoms with Crippen LogP contribution < -0.4 is 5.32 Å². The predicted molar refractivity (Wildman–Crippen MR) is 142 cm³/mol. The van der Waals surface area contributed by atoms with E-state index in [4.69, 9.17) is 0 Å². The lowest BCUT2D eigenvalue weighted by Crippen LogP contribution is -2.45. The number of rotatable bonds is 8. The number of hydrogen-bond acceptors (Lipinski definition) is 5. The summed E-state index contributed by atoms with van der Waals surface area (Å²) in [6.45, 7) is 0. The fraction of sp³-hybridized carbons (Fsp3) is 0.111. The minimum absolute atomic E-state index is 0.186. The van der Waals surface area contributed by atoms with Gasteiger partial charge in [0.05, 0.1) is 0 Å². The van der Waals surface area contributed by atoms with Gasteiger partial charge < -0.3 is 10.4 Å². The molecule has 1 heterocycles. The SMILES string of the molecule is O=C(/C=C/c1ccc(/C=C2/N[C@H](S)N(C(Cc3ccccc3)C(=O)O)S2=O)cc1)c1ccc(F)cc1. The molecule has 6 nitrogen and oxygen atoms in total. The van der Waals surface area contributed by atoms with Gasteiger partial charge in [-0.25, -0.2) is 8.60 Å². The van der Waals surface area contributed by atoms with Crippen LogP contribution in [0.1, 0.15) is 27.0 Å². The Kier molecular flexibility index (Phi) is 8.14. The van der Waals surface area contributed by atoms with Crippen LogP contribution in [0.3, 0.4) is 0 Å². The third-order valence-electron chi connectivity index (χ3n) is 5.55. The quantitative estimate of drug-likeness (QED) is 0.230. The lowest BCUT2D eigenvalue weighted by atomic mass is 10.1. The molecule has 2 N–H and O–H groups in total. The highest BCUT2D eigenvalue weighted by molar-refractivity contribution is 7.89. The highest BCUT2D eigenvalue weighted by atomic mass is 32.2. The van der Waals surface area contributed by atoms with Crippen molar-refractivity contribution in [3.63, 3.8) is 0 Å². The minimum Gasteiger partial charge on any atom is -0.480 e. The Morgan fingerprint density at radius 1 is 1.03 bits per heavy atom. The molecule has 2 unspecified atom stereocenters. The van der Waals surface area contributed by atoms with Crippen molar-refractivity contribution in [1.29, 1.82) is 0 Å². The van der Waals surface area contributed by atoms with Gasteiger partial charge in [-0.3, -0.25) is 9.59 Å². The molecule has 9 heteroatoms. The van der Waals surface area contributed by atoms with Crippen LogP contribution in [0.25, 0.3) is 12.2 Å². The minimum atomic E-state index is -1.75. The first kappa shape index (κ1) is 25.6. The van der Waals surface area contributed by atoms with Gasteiger partial charge in [0.1, 0.15) is 33.4 Å². The third-order valence-corrected chi connectivity index (χ3v) is 7.54. The van der Waals surface area contributed by atoms with Crippen LogP contribution in [0.2, 0.25) is 0 Å². The van der Waals surface area contributed by atoms with Crippen LogP contribution in [0.4, 0.5) is 4.39 Å². The van der Waals surface area contributed by atoms with E-state index in [1.54, 1.807) is 36.4 Å². The Hall–Kier alpha value is -3.53. The molecule has 0 aromatic heterocycles. The number of aliphatic carboxylic acids is 1. The van der Waals surface area contributed by atoms with Crippen LogP contribution in [0, 0.1) is 5.82 Å². The molecule has 3 aromatic carbocycles. The van der Waals surface area contributed by atoms with Crippen molar-refractivity contribution in [3.8, 4) is 0 Å². The maximum atomic E-state index is 13.2. The number of hydrogen-bond donors (Lipinski definition) is 3. The topological polar surface area (TPSA) is 86.7 Å². The third kappa shape index (κ3) is 6.17. The summed E-state index contributed by atoms with van der Waals surface area (Å²) in [5.41, 5.74) is 1.99. The van der Waals surface area contributed by atoms with E-state index in [-0.39, 0.29) is 12.2 Å². The molecule has 3 atom stereocenters. The van der Waals surface area contributed by atoms with Crippen molar-refractivity contribution >= 4 is 47.5 Å². The Morgan fingerprint density at radius 3 is 2.31 bits per heavy atom. The van der Waals surface area contributed by atoms with E-state index in [0.717, 1.165) is 16.7 Å². The van der Waals surface area contributed by atoms with Gasteiger partial charge >= 0.3 is 5.97 Å². The highest BCUT2D eigenvalue weighted by Gasteiger charge is 2.41. The van der Waals surface area contributed by atoms with Crippen molar-refractivity contribution in [1.82, 2.24) is 9.62 Å². The van der Waals surface area contributed by atoms with Crippen molar-refractivity contribution < 1.29 is 23.3 Å². The smallest absolute Gasteiger partial charge is 0.322 e. The van der Waals surface area contributed by atoms with E-state index in [1.807, 2.05) is 30.3 Å². The summed E-state index contributed by atoms with van der Waals surface area (Å²) in [5, 5.41) is 13.2. The molecular weight excluding hydrogens is 499 g/mol. The van der Waals surface area contributed by atoms with Crippen molar-refractivity contribution in [2.24, 2.45) is 0 Å². The highest BCUT2D eigenvalue weighted by Crippen LogP contribution is 2.27. The molecule has 1 aliphatic rings. The molecule has 0 amide bonds. The van der Waals surface area contributed by atoms with E-state index in [1.165, 1.54) is 34.6 Å². The summed E-state index contributed by atoms with van der Waals surface area (Å²) in [7, 11) is -1.75.